The summed E-state index contributed by atoms with van der Waals surface area (Å²) in [6.07, 6.45) is 1.68. The summed E-state index contributed by atoms with van der Waals surface area (Å²) in [4.78, 5) is 0. The fourth-order valence-electron chi connectivity index (χ4n) is 1.69. The van der Waals surface area contributed by atoms with Gasteiger partial charge in [-0.2, -0.15) is 5.10 Å². The van der Waals surface area contributed by atoms with E-state index >= 15 is 0 Å². The number of halogens is 2. The number of aryl methyl sites for hydroxylation is 1. The van der Waals surface area contributed by atoms with Gasteiger partial charge in [-0.05, 0) is 18.2 Å². The highest BCUT2D eigenvalue weighted by atomic mass is 19.1. The molecular weight excluding hydrogens is 226 g/mol. The second-order valence-electron chi connectivity index (χ2n) is 3.65. The molecule has 4 nitrogen and oxygen atoms in total. The summed E-state index contributed by atoms with van der Waals surface area (Å²) in [6.45, 7) is 0. The quantitative estimate of drug-likeness (QED) is 0.625. The molecule has 0 radical (unpaired) electrons. The average Bonchev–Trinajstić information content (AvgIpc) is 2.70. The Morgan fingerprint density at radius 1 is 1.29 bits per heavy atom. The Morgan fingerprint density at radius 3 is 2.41 bits per heavy atom. The molecule has 1 aromatic heterocycles. The summed E-state index contributed by atoms with van der Waals surface area (Å²) < 4.78 is 28.8. The smallest absolute Gasteiger partial charge is 0.131 e. The van der Waals surface area contributed by atoms with Gasteiger partial charge in [-0.15, -0.1) is 0 Å². The number of hydrazine groups is 1. The van der Waals surface area contributed by atoms with E-state index in [1.54, 1.807) is 24.0 Å². The molecular formula is C11H12F2N4. The Morgan fingerprint density at radius 2 is 1.94 bits per heavy atom. The minimum absolute atomic E-state index is 0.131. The number of nitrogens with one attached hydrogen (secondary N) is 1. The van der Waals surface area contributed by atoms with Crippen molar-refractivity contribution in [1.29, 1.82) is 0 Å². The van der Waals surface area contributed by atoms with Crippen molar-refractivity contribution in [2.45, 2.75) is 6.04 Å². The molecule has 0 spiro atoms. The lowest BCUT2D eigenvalue weighted by Gasteiger charge is -2.15. The first-order chi connectivity index (χ1) is 8.13. The van der Waals surface area contributed by atoms with Gasteiger partial charge in [0.15, 0.2) is 0 Å². The zero-order chi connectivity index (χ0) is 12.4. The lowest BCUT2D eigenvalue weighted by atomic mass is 10.0. The Hall–Kier alpha value is -1.79. The van der Waals surface area contributed by atoms with Gasteiger partial charge >= 0.3 is 0 Å². The number of benzene rings is 1. The Bertz CT molecular complexity index is 504. The van der Waals surface area contributed by atoms with Gasteiger partial charge in [0.05, 0.1) is 11.7 Å². The highest BCUT2D eigenvalue weighted by Gasteiger charge is 2.22. The number of nitrogens with two attached hydrogens (primary N) is 1. The van der Waals surface area contributed by atoms with Crippen LogP contribution in [0, 0.1) is 11.6 Å². The lowest BCUT2D eigenvalue weighted by Crippen LogP contribution is -2.30. The highest BCUT2D eigenvalue weighted by Crippen LogP contribution is 2.24. The molecule has 0 aliphatic rings. The number of rotatable bonds is 3. The van der Waals surface area contributed by atoms with Crippen LogP contribution in [0.3, 0.4) is 0 Å². The van der Waals surface area contributed by atoms with Crippen LogP contribution in [0.15, 0.2) is 30.5 Å². The zero-order valence-corrected chi connectivity index (χ0v) is 9.19. The van der Waals surface area contributed by atoms with E-state index in [0.717, 1.165) is 0 Å². The van der Waals surface area contributed by atoms with E-state index < -0.39 is 17.7 Å². The minimum atomic E-state index is -0.808. The van der Waals surface area contributed by atoms with Gasteiger partial charge in [0.2, 0.25) is 0 Å². The molecule has 0 saturated heterocycles. The van der Waals surface area contributed by atoms with Crippen molar-refractivity contribution in [3.63, 3.8) is 0 Å². The molecule has 2 aromatic rings. The van der Waals surface area contributed by atoms with E-state index in [-0.39, 0.29) is 5.56 Å². The van der Waals surface area contributed by atoms with Crippen LogP contribution in [0.5, 0.6) is 0 Å². The van der Waals surface area contributed by atoms with Gasteiger partial charge < -0.3 is 0 Å². The third-order valence-electron chi connectivity index (χ3n) is 2.49. The van der Waals surface area contributed by atoms with E-state index in [9.17, 15) is 8.78 Å². The minimum Gasteiger partial charge on any atom is -0.275 e. The van der Waals surface area contributed by atoms with Crippen LogP contribution in [0.2, 0.25) is 0 Å². The molecule has 1 atom stereocenters. The van der Waals surface area contributed by atoms with E-state index in [1.165, 1.54) is 18.2 Å². The molecule has 1 heterocycles. The highest BCUT2D eigenvalue weighted by molar-refractivity contribution is 5.29. The third-order valence-corrected chi connectivity index (χ3v) is 2.49. The standard InChI is InChI=1S/C11H12F2N4/c1-17-6-5-9(16-17)11(15-14)10-7(12)3-2-4-8(10)13/h2-6,11,15H,14H2,1H3. The molecule has 0 bridgehead atoms. The van der Waals surface area contributed by atoms with Crippen LogP contribution >= 0.6 is 0 Å². The largest absolute Gasteiger partial charge is 0.275 e. The second-order valence-corrected chi connectivity index (χ2v) is 3.65. The SMILES string of the molecule is Cn1ccc(C(NN)c2c(F)cccc2F)n1. The van der Waals surface area contributed by atoms with Crippen LogP contribution < -0.4 is 11.3 Å². The number of aromatic nitrogens is 2. The van der Waals surface area contributed by atoms with Gasteiger partial charge in [-0.3, -0.25) is 10.5 Å². The molecule has 1 aromatic carbocycles. The first-order valence-electron chi connectivity index (χ1n) is 5.03. The third kappa shape index (κ3) is 2.17. The topological polar surface area (TPSA) is 55.9 Å². The van der Waals surface area contributed by atoms with Crippen molar-refractivity contribution in [3.05, 3.63) is 53.4 Å². The summed E-state index contributed by atoms with van der Waals surface area (Å²) in [7, 11) is 1.72. The van der Waals surface area contributed by atoms with Crippen molar-refractivity contribution in [3.8, 4) is 0 Å². The van der Waals surface area contributed by atoms with Crippen molar-refractivity contribution in [2.24, 2.45) is 12.9 Å². The molecule has 0 aliphatic carbocycles. The first kappa shape index (κ1) is 11.7. The maximum Gasteiger partial charge on any atom is 0.131 e. The van der Waals surface area contributed by atoms with Gasteiger partial charge in [0, 0.05) is 18.8 Å². The number of hydrogen-bond donors (Lipinski definition) is 2. The van der Waals surface area contributed by atoms with E-state index in [2.05, 4.69) is 10.5 Å². The van der Waals surface area contributed by atoms with Crippen molar-refractivity contribution < 1.29 is 8.78 Å². The first-order valence-corrected chi connectivity index (χ1v) is 5.03. The van der Waals surface area contributed by atoms with Gasteiger partial charge in [-0.25, -0.2) is 14.2 Å². The van der Waals surface area contributed by atoms with Crippen molar-refractivity contribution >= 4 is 0 Å². The summed E-state index contributed by atoms with van der Waals surface area (Å²) in [5.41, 5.74) is 2.70. The van der Waals surface area contributed by atoms with Crippen LogP contribution in [-0.2, 0) is 7.05 Å². The molecule has 1 unspecified atom stereocenters. The van der Waals surface area contributed by atoms with Crippen LogP contribution in [-0.4, -0.2) is 9.78 Å². The second kappa shape index (κ2) is 4.60. The van der Waals surface area contributed by atoms with E-state index in [0.29, 0.717) is 5.69 Å². The molecule has 6 heteroatoms. The van der Waals surface area contributed by atoms with Crippen LogP contribution in [0.4, 0.5) is 8.78 Å². The summed E-state index contributed by atoms with van der Waals surface area (Å²) in [6, 6.07) is 4.52. The average molecular weight is 238 g/mol. The molecule has 90 valence electrons. The van der Waals surface area contributed by atoms with Crippen LogP contribution in [0.25, 0.3) is 0 Å². The molecule has 0 aliphatic heterocycles. The molecule has 0 fully saturated rings. The molecule has 0 saturated carbocycles. The van der Waals surface area contributed by atoms with Gasteiger partial charge in [0.1, 0.15) is 11.6 Å². The summed E-state index contributed by atoms with van der Waals surface area (Å²) in [5, 5.41) is 4.08. The maximum atomic E-state index is 13.6. The van der Waals surface area contributed by atoms with Gasteiger partial charge in [-0.1, -0.05) is 6.07 Å². The molecule has 17 heavy (non-hydrogen) atoms. The predicted octanol–water partition coefficient (Wildman–Crippen LogP) is 1.25. The van der Waals surface area contributed by atoms with Crippen molar-refractivity contribution in [2.75, 3.05) is 0 Å². The summed E-state index contributed by atoms with van der Waals surface area (Å²) >= 11 is 0. The molecule has 0 amide bonds. The van der Waals surface area contributed by atoms with E-state index in [1.807, 2.05) is 0 Å². The summed E-state index contributed by atoms with van der Waals surface area (Å²) in [5.74, 6) is 4.04. The predicted molar refractivity (Wildman–Crippen MR) is 58.7 cm³/mol. The van der Waals surface area contributed by atoms with Crippen molar-refractivity contribution in [1.82, 2.24) is 15.2 Å². The Labute approximate surface area is 97.0 Å². The fraction of sp³-hybridized carbons (Fsp3) is 0.182. The Kier molecular flexibility index (Phi) is 3.16. The zero-order valence-electron chi connectivity index (χ0n) is 9.19. The monoisotopic (exact) mass is 238 g/mol. The van der Waals surface area contributed by atoms with Gasteiger partial charge in [0.25, 0.3) is 0 Å². The maximum absolute atomic E-state index is 13.6. The van der Waals surface area contributed by atoms with E-state index in [4.69, 9.17) is 5.84 Å². The normalized spacial score (nSPS) is 12.7. The Balaban J connectivity index is 2.49. The lowest BCUT2D eigenvalue weighted by molar-refractivity contribution is 0.502. The number of hydrogen-bond acceptors (Lipinski definition) is 3. The fourth-order valence-corrected chi connectivity index (χ4v) is 1.69. The van der Waals surface area contributed by atoms with Crippen LogP contribution in [0.1, 0.15) is 17.3 Å². The number of nitrogens with zero attached hydrogens (tertiary/aromatic N) is 2. The molecule has 3 N–H and O–H groups in total. The molecule has 2 rings (SSSR count).